The van der Waals surface area contributed by atoms with Crippen molar-refractivity contribution in [3.63, 3.8) is 0 Å². The molecule has 0 spiro atoms. The third-order valence-corrected chi connectivity index (χ3v) is 4.63. The summed E-state index contributed by atoms with van der Waals surface area (Å²) >= 11 is 0. The Kier molecular flexibility index (Phi) is 5.65. The molecule has 24 heavy (non-hydrogen) atoms. The van der Waals surface area contributed by atoms with Gasteiger partial charge in [-0.1, -0.05) is 6.92 Å². The molecule has 0 aromatic carbocycles. The minimum absolute atomic E-state index is 0.396. The Morgan fingerprint density at radius 3 is 3.04 bits per heavy atom. The summed E-state index contributed by atoms with van der Waals surface area (Å²) in [6, 6.07) is 2.35. The van der Waals surface area contributed by atoms with Gasteiger partial charge >= 0.3 is 0 Å². The zero-order valence-electron chi connectivity index (χ0n) is 14.5. The van der Waals surface area contributed by atoms with Gasteiger partial charge in [-0.2, -0.15) is 5.10 Å². The molecule has 1 aliphatic rings. The van der Waals surface area contributed by atoms with Gasteiger partial charge in [0.15, 0.2) is 0 Å². The molecule has 0 aliphatic carbocycles. The fraction of sp³-hybridized carbons (Fsp3) is 0.647. The summed E-state index contributed by atoms with van der Waals surface area (Å²) in [4.78, 5) is 8.95. The van der Waals surface area contributed by atoms with Gasteiger partial charge < -0.3 is 9.52 Å². The highest BCUT2D eigenvalue weighted by molar-refractivity contribution is 4.94. The molecule has 2 atom stereocenters. The van der Waals surface area contributed by atoms with E-state index in [-0.39, 0.29) is 0 Å². The Morgan fingerprint density at radius 2 is 2.33 bits per heavy atom. The van der Waals surface area contributed by atoms with Crippen LogP contribution in [0.5, 0.6) is 0 Å². The normalized spacial score (nSPS) is 20.1. The second kappa shape index (κ2) is 7.92. The second-order valence-electron chi connectivity index (χ2n) is 6.57. The van der Waals surface area contributed by atoms with E-state index in [0.717, 1.165) is 44.1 Å². The molecule has 0 saturated carbocycles. The first-order valence-corrected chi connectivity index (χ1v) is 8.65. The second-order valence-corrected chi connectivity index (χ2v) is 6.57. The van der Waals surface area contributed by atoms with Crippen molar-refractivity contribution in [1.29, 1.82) is 0 Å². The molecule has 7 nitrogen and oxygen atoms in total. The highest BCUT2D eigenvalue weighted by atomic mass is 16.4. The van der Waals surface area contributed by atoms with Crippen LogP contribution in [-0.2, 0) is 19.5 Å². The number of aliphatic hydroxyl groups excluding tert-OH is 1. The number of aryl methyl sites for hydroxylation is 1. The quantitative estimate of drug-likeness (QED) is 0.777. The molecule has 7 heteroatoms. The number of aliphatic hydroxyl groups is 1. The molecular weight excluding hydrogens is 306 g/mol. The number of likely N-dealkylation sites (N-methyl/N-ethyl adjacent to an activating group) is 1. The molecule has 3 rings (SSSR count). The van der Waals surface area contributed by atoms with E-state index in [4.69, 9.17) is 4.42 Å². The van der Waals surface area contributed by atoms with Crippen molar-refractivity contribution in [3.05, 3.63) is 36.3 Å². The van der Waals surface area contributed by atoms with Crippen LogP contribution in [0.25, 0.3) is 0 Å². The van der Waals surface area contributed by atoms with Crippen LogP contribution >= 0.6 is 0 Å². The van der Waals surface area contributed by atoms with E-state index in [9.17, 15) is 5.11 Å². The lowest BCUT2D eigenvalue weighted by molar-refractivity contribution is 0.101. The number of rotatable bonds is 8. The number of likely N-dealkylation sites (tertiary alicyclic amines) is 1. The molecule has 1 saturated heterocycles. The maximum absolute atomic E-state index is 10.2. The lowest BCUT2D eigenvalue weighted by atomic mass is 10.2. The molecule has 1 fully saturated rings. The summed E-state index contributed by atoms with van der Waals surface area (Å²) < 4.78 is 7.47. The van der Waals surface area contributed by atoms with Gasteiger partial charge in [-0.05, 0) is 26.1 Å². The monoisotopic (exact) mass is 333 g/mol. The van der Waals surface area contributed by atoms with Crippen molar-refractivity contribution in [1.82, 2.24) is 24.6 Å². The summed E-state index contributed by atoms with van der Waals surface area (Å²) in [5.41, 5.74) is 0. The van der Waals surface area contributed by atoms with E-state index in [2.05, 4.69) is 33.9 Å². The maximum atomic E-state index is 10.2. The lowest BCUT2D eigenvalue weighted by Crippen LogP contribution is -2.37. The Balaban J connectivity index is 1.44. The van der Waals surface area contributed by atoms with Crippen molar-refractivity contribution < 1.29 is 9.52 Å². The van der Waals surface area contributed by atoms with Crippen molar-refractivity contribution >= 4 is 0 Å². The summed E-state index contributed by atoms with van der Waals surface area (Å²) in [5.74, 6) is 1.72. The van der Waals surface area contributed by atoms with E-state index in [1.807, 2.05) is 18.5 Å². The largest absolute Gasteiger partial charge is 0.444 e. The van der Waals surface area contributed by atoms with Crippen LogP contribution in [-0.4, -0.2) is 68.5 Å². The number of nitrogens with zero attached hydrogens (tertiary/aromatic N) is 5. The highest BCUT2D eigenvalue weighted by Crippen LogP contribution is 2.17. The molecule has 0 bridgehead atoms. The van der Waals surface area contributed by atoms with E-state index in [0.29, 0.717) is 19.1 Å². The van der Waals surface area contributed by atoms with E-state index in [1.54, 1.807) is 10.9 Å². The summed E-state index contributed by atoms with van der Waals surface area (Å²) in [5, 5.41) is 14.4. The van der Waals surface area contributed by atoms with Crippen molar-refractivity contribution in [2.24, 2.45) is 0 Å². The van der Waals surface area contributed by atoms with Crippen LogP contribution in [0.3, 0.4) is 0 Å². The SMILES string of the molecule is CCc1cnc(CN(C)C2CCN(CC(O)Cn3cccn3)C2)o1. The minimum atomic E-state index is -0.396. The van der Waals surface area contributed by atoms with E-state index < -0.39 is 6.10 Å². The number of β-amino-alcohol motifs (C(OH)–C–C–N with tert-alkyl or cyclic N) is 1. The van der Waals surface area contributed by atoms with Crippen LogP contribution in [0.15, 0.2) is 29.1 Å². The highest BCUT2D eigenvalue weighted by Gasteiger charge is 2.27. The van der Waals surface area contributed by atoms with Gasteiger partial charge in [0.05, 0.1) is 25.4 Å². The Bertz CT molecular complexity index is 612. The molecule has 0 radical (unpaired) electrons. The fourth-order valence-corrected chi connectivity index (χ4v) is 3.24. The first kappa shape index (κ1) is 17.1. The summed E-state index contributed by atoms with van der Waals surface area (Å²) in [6.45, 7) is 6.00. The molecule has 132 valence electrons. The number of hydrogen-bond acceptors (Lipinski definition) is 6. The Morgan fingerprint density at radius 1 is 1.46 bits per heavy atom. The van der Waals surface area contributed by atoms with Crippen molar-refractivity contribution in [3.8, 4) is 0 Å². The average Bonchev–Trinajstić information content (AvgIpc) is 3.28. The first-order valence-electron chi connectivity index (χ1n) is 8.65. The van der Waals surface area contributed by atoms with Gasteiger partial charge in [0.1, 0.15) is 5.76 Å². The molecule has 0 amide bonds. The summed E-state index contributed by atoms with van der Waals surface area (Å²) in [7, 11) is 2.12. The Labute approximate surface area is 142 Å². The fourth-order valence-electron chi connectivity index (χ4n) is 3.24. The lowest BCUT2D eigenvalue weighted by Gasteiger charge is -2.24. The number of hydrogen-bond donors (Lipinski definition) is 1. The zero-order chi connectivity index (χ0) is 16.9. The predicted molar refractivity (Wildman–Crippen MR) is 90.4 cm³/mol. The van der Waals surface area contributed by atoms with Crippen LogP contribution in [0, 0.1) is 0 Å². The van der Waals surface area contributed by atoms with Crippen molar-refractivity contribution in [2.45, 2.75) is 45.0 Å². The third-order valence-electron chi connectivity index (χ3n) is 4.63. The number of aromatic nitrogens is 3. The van der Waals surface area contributed by atoms with Crippen LogP contribution < -0.4 is 0 Å². The molecule has 2 aromatic heterocycles. The average molecular weight is 333 g/mol. The molecule has 3 heterocycles. The smallest absolute Gasteiger partial charge is 0.208 e. The van der Waals surface area contributed by atoms with Gasteiger partial charge in [0, 0.05) is 37.9 Å². The summed E-state index contributed by atoms with van der Waals surface area (Å²) in [6.07, 6.45) is 7.02. The molecule has 1 N–H and O–H groups in total. The number of oxazole rings is 1. The molecule has 1 aliphatic heterocycles. The van der Waals surface area contributed by atoms with E-state index in [1.165, 1.54) is 0 Å². The van der Waals surface area contributed by atoms with Crippen LogP contribution in [0.4, 0.5) is 0 Å². The van der Waals surface area contributed by atoms with Crippen LogP contribution in [0.1, 0.15) is 25.0 Å². The first-order chi connectivity index (χ1) is 11.6. The molecular formula is C17H27N5O2. The molecule has 2 aromatic rings. The standard InChI is InChI=1S/C17H27N5O2/c1-3-16-9-18-17(24-16)13-20(2)14-5-8-21(10-14)11-15(23)12-22-7-4-6-19-22/h4,6-7,9,14-15,23H,3,5,8,10-13H2,1-2H3. The zero-order valence-corrected chi connectivity index (χ0v) is 14.5. The van der Waals surface area contributed by atoms with Gasteiger partial charge in [0.2, 0.25) is 5.89 Å². The van der Waals surface area contributed by atoms with Gasteiger partial charge in [-0.3, -0.25) is 14.5 Å². The molecule has 2 unspecified atom stereocenters. The van der Waals surface area contributed by atoms with Gasteiger partial charge in [-0.25, -0.2) is 4.98 Å². The maximum Gasteiger partial charge on any atom is 0.208 e. The van der Waals surface area contributed by atoms with E-state index >= 15 is 0 Å². The predicted octanol–water partition coefficient (Wildman–Crippen LogP) is 1.00. The van der Waals surface area contributed by atoms with Gasteiger partial charge in [0.25, 0.3) is 0 Å². The Hall–Kier alpha value is -1.70. The van der Waals surface area contributed by atoms with Crippen LogP contribution in [0.2, 0.25) is 0 Å². The third kappa shape index (κ3) is 4.43. The topological polar surface area (TPSA) is 70.6 Å². The minimum Gasteiger partial charge on any atom is -0.444 e. The van der Waals surface area contributed by atoms with Gasteiger partial charge in [-0.15, -0.1) is 0 Å². The van der Waals surface area contributed by atoms with Crippen molar-refractivity contribution in [2.75, 3.05) is 26.7 Å².